The summed E-state index contributed by atoms with van der Waals surface area (Å²) in [5, 5.41) is 14.8. The van der Waals surface area contributed by atoms with E-state index in [0.29, 0.717) is 11.9 Å². The van der Waals surface area contributed by atoms with Gasteiger partial charge in [0.15, 0.2) is 0 Å². The number of anilines is 4. The van der Waals surface area contributed by atoms with Gasteiger partial charge in [0.05, 0.1) is 6.20 Å². The van der Waals surface area contributed by atoms with Gasteiger partial charge in [-0.15, -0.1) is 0 Å². The predicted octanol–water partition coefficient (Wildman–Crippen LogP) is 5.13. The molecule has 5 rings (SSSR count). The number of nitrogens with zero attached hydrogens (tertiary/aromatic N) is 4. The molecule has 0 spiro atoms. The largest absolute Gasteiger partial charge is 0.340 e. The molecule has 33 heavy (non-hydrogen) atoms. The summed E-state index contributed by atoms with van der Waals surface area (Å²) in [5.41, 5.74) is 6.60. The van der Waals surface area contributed by atoms with Gasteiger partial charge in [-0.3, -0.25) is 4.68 Å². The number of hydrogen-bond acceptors (Lipinski definition) is 6. The van der Waals surface area contributed by atoms with E-state index in [-0.39, 0.29) is 0 Å². The second kappa shape index (κ2) is 9.42. The summed E-state index contributed by atoms with van der Waals surface area (Å²) >= 11 is 0. The smallest absolute Gasteiger partial charge is 0.229 e. The van der Waals surface area contributed by atoms with Gasteiger partial charge >= 0.3 is 0 Å². The molecule has 0 aliphatic carbocycles. The Morgan fingerprint density at radius 2 is 1.88 bits per heavy atom. The molecule has 0 amide bonds. The van der Waals surface area contributed by atoms with E-state index in [2.05, 4.69) is 64.3 Å². The molecule has 0 saturated carbocycles. The Kier molecular flexibility index (Phi) is 6.04. The highest BCUT2D eigenvalue weighted by molar-refractivity contribution is 5.78. The van der Waals surface area contributed by atoms with Gasteiger partial charge in [0.1, 0.15) is 5.82 Å². The van der Waals surface area contributed by atoms with Crippen LogP contribution in [0.1, 0.15) is 25.0 Å². The molecule has 1 aliphatic rings. The van der Waals surface area contributed by atoms with Gasteiger partial charge in [0, 0.05) is 48.0 Å². The fourth-order valence-electron chi connectivity index (χ4n) is 4.07. The molecule has 0 radical (unpaired) electrons. The first-order chi connectivity index (χ1) is 16.1. The van der Waals surface area contributed by atoms with Crippen LogP contribution in [0.5, 0.6) is 0 Å². The van der Waals surface area contributed by atoms with E-state index in [1.807, 2.05) is 47.4 Å². The van der Waals surface area contributed by atoms with Crippen molar-refractivity contribution in [2.24, 2.45) is 5.92 Å². The Balaban J connectivity index is 1.49. The summed E-state index contributed by atoms with van der Waals surface area (Å²) in [6.07, 6.45) is 6.87. The van der Waals surface area contributed by atoms with Crippen LogP contribution in [0.3, 0.4) is 0 Å². The Morgan fingerprint density at radius 1 is 1.00 bits per heavy atom. The maximum absolute atomic E-state index is 4.84. The Labute approximate surface area is 194 Å². The molecule has 4 aromatic rings. The summed E-state index contributed by atoms with van der Waals surface area (Å²) < 4.78 is 1.98. The minimum Gasteiger partial charge on any atom is -0.340 e. The lowest BCUT2D eigenvalue weighted by molar-refractivity contribution is 0.483. The molecule has 0 atom stereocenters. The van der Waals surface area contributed by atoms with Crippen LogP contribution in [0.25, 0.3) is 11.1 Å². The van der Waals surface area contributed by atoms with Crippen LogP contribution in [-0.2, 0) is 19.5 Å². The van der Waals surface area contributed by atoms with Crippen molar-refractivity contribution in [3.63, 3.8) is 0 Å². The van der Waals surface area contributed by atoms with Gasteiger partial charge in [0.2, 0.25) is 5.95 Å². The first kappa shape index (κ1) is 21.2. The number of fused-ring (bicyclic) bond motifs is 1. The minimum atomic E-state index is 0.521. The number of nitrogens with one attached hydrogen (secondary N) is 3. The zero-order valence-corrected chi connectivity index (χ0v) is 19.0. The van der Waals surface area contributed by atoms with Gasteiger partial charge in [-0.2, -0.15) is 10.1 Å². The van der Waals surface area contributed by atoms with Crippen LogP contribution in [0.4, 0.5) is 23.1 Å². The van der Waals surface area contributed by atoms with Gasteiger partial charge < -0.3 is 16.0 Å². The number of para-hydroxylation sites is 1. The molecular weight excluding hydrogens is 410 g/mol. The second-order valence-electron chi connectivity index (χ2n) is 8.83. The average Bonchev–Trinajstić information content (AvgIpc) is 3.27. The van der Waals surface area contributed by atoms with Crippen LogP contribution in [0.15, 0.2) is 67.1 Å². The second-order valence-corrected chi connectivity index (χ2v) is 8.83. The molecule has 3 heterocycles. The van der Waals surface area contributed by atoms with Crippen molar-refractivity contribution in [2.75, 3.05) is 17.2 Å². The van der Waals surface area contributed by atoms with E-state index in [0.717, 1.165) is 54.4 Å². The molecule has 1 aliphatic heterocycles. The minimum absolute atomic E-state index is 0.521. The molecule has 2 aromatic carbocycles. The van der Waals surface area contributed by atoms with E-state index in [4.69, 9.17) is 4.98 Å². The standard InChI is InChI=1S/C26H29N7/c1-18(2)16-33-17-21(14-29-33)24-15-28-26(31-22-6-4-3-5-7-22)32-25(24)30-23-9-8-19-10-11-27-13-20(19)12-23/h3-9,12,14-15,17-18,27H,10-11,13,16H2,1-2H3,(H2,28,30,31,32). The molecule has 0 fully saturated rings. The van der Waals surface area contributed by atoms with Crippen LogP contribution >= 0.6 is 0 Å². The molecule has 0 unspecified atom stereocenters. The predicted molar refractivity (Wildman–Crippen MR) is 133 cm³/mol. The Bertz CT molecular complexity index is 1230. The monoisotopic (exact) mass is 439 g/mol. The quantitative estimate of drug-likeness (QED) is 0.370. The van der Waals surface area contributed by atoms with E-state index in [9.17, 15) is 0 Å². The molecule has 0 saturated heterocycles. The van der Waals surface area contributed by atoms with Crippen LogP contribution in [0.2, 0.25) is 0 Å². The molecule has 7 heteroatoms. The number of benzene rings is 2. The molecular formula is C26H29N7. The third kappa shape index (κ3) is 5.04. The van der Waals surface area contributed by atoms with Crippen LogP contribution in [-0.4, -0.2) is 26.3 Å². The fraction of sp³-hybridized carbons (Fsp3) is 0.269. The highest BCUT2D eigenvalue weighted by atomic mass is 15.3. The molecule has 7 nitrogen and oxygen atoms in total. The van der Waals surface area contributed by atoms with E-state index in [1.165, 1.54) is 11.1 Å². The third-order valence-electron chi connectivity index (χ3n) is 5.67. The summed E-state index contributed by atoms with van der Waals surface area (Å²) in [4.78, 5) is 9.42. The molecule has 0 bridgehead atoms. The Hall–Kier alpha value is -3.71. The number of aromatic nitrogens is 4. The third-order valence-corrected chi connectivity index (χ3v) is 5.67. The van der Waals surface area contributed by atoms with Crippen molar-refractivity contribution >= 4 is 23.1 Å². The summed E-state index contributed by atoms with van der Waals surface area (Å²) in [6, 6.07) is 16.5. The van der Waals surface area contributed by atoms with Gasteiger partial charge in [-0.1, -0.05) is 38.1 Å². The van der Waals surface area contributed by atoms with Crippen molar-refractivity contribution in [2.45, 2.75) is 33.4 Å². The Morgan fingerprint density at radius 3 is 2.73 bits per heavy atom. The van der Waals surface area contributed by atoms with Crippen molar-refractivity contribution in [3.8, 4) is 11.1 Å². The number of rotatable bonds is 7. The first-order valence-corrected chi connectivity index (χ1v) is 11.5. The maximum atomic E-state index is 4.84. The van der Waals surface area contributed by atoms with E-state index < -0.39 is 0 Å². The van der Waals surface area contributed by atoms with Crippen molar-refractivity contribution in [3.05, 3.63) is 78.2 Å². The van der Waals surface area contributed by atoms with Gasteiger partial charge in [-0.25, -0.2) is 4.98 Å². The van der Waals surface area contributed by atoms with Crippen molar-refractivity contribution in [1.82, 2.24) is 25.1 Å². The van der Waals surface area contributed by atoms with Crippen molar-refractivity contribution in [1.29, 1.82) is 0 Å². The SMILES string of the molecule is CC(C)Cn1cc(-c2cnc(Nc3ccccc3)nc2Nc2ccc3c(c2)CNCC3)cn1. The fourth-order valence-corrected chi connectivity index (χ4v) is 4.07. The normalized spacial score (nSPS) is 13.1. The van der Waals surface area contributed by atoms with Gasteiger partial charge in [-0.05, 0) is 54.3 Å². The lowest BCUT2D eigenvalue weighted by Crippen LogP contribution is -2.23. The highest BCUT2D eigenvalue weighted by Crippen LogP contribution is 2.30. The summed E-state index contributed by atoms with van der Waals surface area (Å²) in [7, 11) is 0. The average molecular weight is 440 g/mol. The molecule has 168 valence electrons. The zero-order valence-electron chi connectivity index (χ0n) is 19.0. The van der Waals surface area contributed by atoms with E-state index >= 15 is 0 Å². The summed E-state index contributed by atoms with van der Waals surface area (Å²) in [5.74, 6) is 1.81. The lowest BCUT2D eigenvalue weighted by atomic mass is 10.0. The van der Waals surface area contributed by atoms with Crippen LogP contribution in [0, 0.1) is 5.92 Å². The summed E-state index contributed by atoms with van der Waals surface area (Å²) in [6.45, 7) is 7.17. The molecule has 2 aromatic heterocycles. The maximum Gasteiger partial charge on any atom is 0.229 e. The topological polar surface area (TPSA) is 79.7 Å². The van der Waals surface area contributed by atoms with Gasteiger partial charge in [0.25, 0.3) is 0 Å². The zero-order chi connectivity index (χ0) is 22.6. The lowest BCUT2D eigenvalue weighted by Gasteiger charge is -2.19. The van der Waals surface area contributed by atoms with Crippen LogP contribution < -0.4 is 16.0 Å². The molecule has 3 N–H and O–H groups in total. The number of hydrogen-bond donors (Lipinski definition) is 3. The van der Waals surface area contributed by atoms with E-state index in [1.54, 1.807) is 0 Å². The first-order valence-electron chi connectivity index (χ1n) is 11.5. The van der Waals surface area contributed by atoms with Crippen molar-refractivity contribution < 1.29 is 0 Å². The highest BCUT2D eigenvalue weighted by Gasteiger charge is 2.14.